The van der Waals surface area contributed by atoms with E-state index >= 15 is 0 Å². The van der Waals surface area contributed by atoms with Crippen molar-refractivity contribution in [3.63, 3.8) is 0 Å². The van der Waals surface area contributed by atoms with Gasteiger partial charge >= 0.3 is 5.97 Å². The molecule has 0 spiro atoms. The summed E-state index contributed by atoms with van der Waals surface area (Å²) in [4.78, 5) is 15.6. The number of aryl methyl sites for hydroxylation is 1. The molecule has 0 atom stereocenters. The summed E-state index contributed by atoms with van der Waals surface area (Å²) in [5.41, 5.74) is 1.11. The minimum Gasteiger partial charge on any atom is -0.480 e. The highest BCUT2D eigenvalue weighted by Gasteiger charge is 2.37. The molecule has 0 unspecified atom stereocenters. The van der Waals surface area contributed by atoms with Crippen molar-refractivity contribution < 1.29 is 18.3 Å². The Balaban J connectivity index is 2.14. The van der Waals surface area contributed by atoms with E-state index in [1.807, 2.05) is 12.1 Å². The summed E-state index contributed by atoms with van der Waals surface area (Å²) in [6, 6.07) is 8.35. The molecule has 1 heterocycles. The number of hydrogen-bond donors (Lipinski definition) is 1. The summed E-state index contributed by atoms with van der Waals surface area (Å²) in [5, 5.41) is 9.82. The molecule has 1 fully saturated rings. The molecule has 0 bridgehead atoms. The first-order chi connectivity index (χ1) is 10.9. The van der Waals surface area contributed by atoms with Gasteiger partial charge in [0.15, 0.2) is 0 Å². The van der Waals surface area contributed by atoms with Crippen LogP contribution in [0.5, 0.6) is 0 Å². The predicted octanol–water partition coefficient (Wildman–Crippen LogP) is 2.17. The van der Waals surface area contributed by atoms with E-state index in [2.05, 4.69) is 4.98 Å². The molecule has 0 saturated heterocycles. The maximum atomic E-state index is 13.0. The van der Waals surface area contributed by atoms with Gasteiger partial charge in [0, 0.05) is 17.1 Å². The van der Waals surface area contributed by atoms with Gasteiger partial charge in [-0.1, -0.05) is 24.6 Å². The van der Waals surface area contributed by atoms with E-state index < -0.39 is 22.5 Å². The second kappa shape index (κ2) is 5.90. The van der Waals surface area contributed by atoms with Crippen LogP contribution in [0.15, 0.2) is 35.2 Å². The van der Waals surface area contributed by atoms with Crippen LogP contribution < -0.4 is 0 Å². The standard InChI is InChI=1S/C16H18N2O4S/c1-11-8-9-12-4-2-7-14(16(12)17-11)23(21,22)18(10-15(19)20)13-5-3-6-13/h2,4,7-9,13H,3,5-6,10H2,1H3,(H,19,20). The average molecular weight is 334 g/mol. The number of aliphatic carboxylic acids is 1. The minimum atomic E-state index is -3.91. The highest BCUT2D eigenvalue weighted by Crippen LogP contribution is 2.32. The van der Waals surface area contributed by atoms with Crippen LogP contribution in [0.2, 0.25) is 0 Å². The molecule has 1 aliphatic rings. The smallest absolute Gasteiger partial charge is 0.318 e. The van der Waals surface area contributed by atoms with E-state index in [-0.39, 0.29) is 10.9 Å². The first kappa shape index (κ1) is 15.9. The summed E-state index contributed by atoms with van der Waals surface area (Å²) in [6.07, 6.45) is 2.32. The highest BCUT2D eigenvalue weighted by atomic mass is 32.2. The van der Waals surface area contributed by atoms with Crippen LogP contribution in [0.1, 0.15) is 25.0 Å². The van der Waals surface area contributed by atoms with E-state index in [1.165, 1.54) is 6.07 Å². The molecule has 1 aromatic carbocycles. The van der Waals surface area contributed by atoms with E-state index in [9.17, 15) is 13.2 Å². The molecule has 0 radical (unpaired) electrons. The number of benzene rings is 1. The highest BCUT2D eigenvalue weighted by molar-refractivity contribution is 7.89. The maximum Gasteiger partial charge on any atom is 0.318 e. The lowest BCUT2D eigenvalue weighted by molar-refractivity contribution is -0.137. The zero-order chi connectivity index (χ0) is 16.6. The monoisotopic (exact) mass is 334 g/mol. The molecule has 6 nitrogen and oxygen atoms in total. The van der Waals surface area contributed by atoms with Crippen molar-refractivity contribution in [3.05, 3.63) is 36.0 Å². The molecule has 122 valence electrons. The lowest BCUT2D eigenvalue weighted by atomic mass is 9.93. The first-order valence-corrected chi connectivity index (χ1v) is 8.93. The molecule has 1 N–H and O–H groups in total. The van der Waals surface area contributed by atoms with Gasteiger partial charge in [-0.2, -0.15) is 4.31 Å². The molecule has 1 saturated carbocycles. The molecule has 2 aromatic rings. The lowest BCUT2D eigenvalue weighted by Crippen LogP contribution is -2.46. The van der Waals surface area contributed by atoms with E-state index in [0.29, 0.717) is 24.1 Å². The zero-order valence-electron chi connectivity index (χ0n) is 12.8. The Morgan fingerprint density at radius 2 is 2.04 bits per heavy atom. The summed E-state index contributed by atoms with van der Waals surface area (Å²) in [6.45, 7) is 1.28. The SMILES string of the molecule is Cc1ccc2cccc(S(=O)(=O)N(CC(=O)O)C3CCC3)c2n1. The van der Waals surface area contributed by atoms with E-state index in [1.54, 1.807) is 19.1 Å². The van der Waals surface area contributed by atoms with Crippen LogP contribution in [-0.2, 0) is 14.8 Å². The topological polar surface area (TPSA) is 87.6 Å². The number of para-hydroxylation sites is 1. The lowest BCUT2D eigenvalue weighted by Gasteiger charge is -2.35. The third kappa shape index (κ3) is 2.94. The fourth-order valence-corrected chi connectivity index (χ4v) is 4.56. The summed E-state index contributed by atoms with van der Waals surface area (Å²) in [7, 11) is -3.91. The fraction of sp³-hybridized carbons (Fsp3) is 0.375. The minimum absolute atomic E-state index is 0.0758. The van der Waals surface area contributed by atoms with Crippen LogP contribution >= 0.6 is 0 Å². The third-order valence-electron chi connectivity index (χ3n) is 4.18. The van der Waals surface area contributed by atoms with Crippen molar-refractivity contribution >= 4 is 26.9 Å². The Morgan fingerprint density at radius 1 is 1.30 bits per heavy atom. The van der Waals surface area contributed by atoms with Crippen molar-refractivity contribution in [2.45, 2.75) is 37.1 Å². The van der Waals surface area contributed by atoms with Gasteiger partial charge in [0.2, 0.25) is 10.0 Å². The molecule has 1 aliphatic carbocycles. The number of nitrogens with zero attached hydrogens (tertiary/aromatic N) is 2. The number of fused-ring (bicyclic) bond motifs is 1. The number of carbonyl (C=O) groups is 1. The second-order valence-electron chi connectivity index (χ2n) is 5.81. The molecular formula is C16H18N2O4S. The molecule has 23 heavy (non-hydrogen) atoms. The number of hydrogen-bond acceptors (Lipinski definition) is 4. The maximum absolute atomic E-state index is 13.0. The van der Waals surface area contributed by atoms with Crippen molar-refractivity contribution in [3.8, 4) is 0 Å². The first-order valence-electron chi connectivity index (χ1n) is 7.49. The quantitative estimate of drug-likeness (QED) is 0.905. The van der Waals surface area contributed by atoms with Gasteiger partial charge in [-0.05, 0) is 31.9 Å². The zero-order valence-corrected chi connectivity index (χ0v) is 13.6. The van der Waals surface area contributed by atoms with Gasteiger partial charge in [0.05, 0.1) is 5.52 Å². The molecular weight excluding hydrogens is 316 g/mol. The van der Waals surface area contributed by atoms with Crippen LogP contribution in [0.4, 0.5) is 0 Å². The fourth-order valence-electron chi connectivity index (χ4n) is 2.77. The van der Waals surface area contributed by atoms with Crippen molar-refractivity contribution in [1.82, 2.24) is 9.29 Å². The molecule has 7 heteroatoms. The Bertz CT molecular complexity index is 860. The normalized spacial score (nSPS) is 15.7. The number of carboxylic acids is 1. The van der Waals surface area contributed by atoms with Gasteiger partial charge < -0.3 is 5.11 Å². The Labute approximate surface area is 134 Å². The van der Waals surface area contributed by atoms with Crippen LogP contribution in [-0.4, -0.2) is 41.4 Å². The summed E-state index contributed by atoms with van der Waals surface area (Å²) < 4.78 is 27.2. The van der Waals surface area contributed by atoms with Crippen LogP contribution in [0.3, 0.4) is 0 Å². The number of pyridine rings is 1. The molecule has 1 aromatic heterocycles. The number of aromatic nitrogens is 1. The van der Waals surface area contributed by atoms with Crippen molar-refractivity contribution in [1.29, 1.82) is 0 Å². The van der Waals surface area contributed by atoms with Gasteiger partial charge in [-0.15, -0.1) is 0 Å². The number of sulfonamides is 1. The van der Waals surface area contributed by atoms with Gasteiger partial charge in [-0.25, -0.2) is 8.42 Å². The van der Waals surface area contributed by atoms with E-state index in [4.69, 9.17) is 5.11 Å². The Morgan fingerprint density at radius 3 is 2.65 bits per heavy atom. The Kier molecular flexibility index (Phi) is 4.08. The summed E-state index contributed by atoms with van der Waals surface area (Å²) in [5.74, 6) is -1.15. The predicted molar refractivity (Wildman–Crippen MR) is 85.6 cm³/mol. The average Bonchev–Trinajstić information content (AvgIpc) is 2.43. The number of carboxylic acid groups (broad SMARTS) is 1. The second-order valence-corrected chi connectivity index (χ2v) is 7.67. The largest absolute Gasteiger partial charge is 0.480 e. The van der Waals surface area contributed by atoms with Crippen molar-refractivity contribution in [2.75, 3.05) is 6.54 Å². The van der Waals surface area contributed by atoms with Gasteiger partial charge in [-0.3, -0.25) is 9.78 Å². The van der Waals surface area contributed by atoms with Crippen LogP contribution in [0.25, 0.3) is 10.9 Å². The number of rotatable bonds is 5. The van der Waals surface area contributed by atoms with Gasteiger partial charge in [0.25, 0.3) is 0 Å². The molecule has 0 aliphatic heterocycles. The van der Waals surface area contributed by atoms with Gasteiger partial charge in [0.1, 0.15) is 11.4 Å². The molecule has 0 amide bonds. The molecule has 3 rings (SSSR count). The van der Waals surface area contributed by atoms with E-state index in [0.717, 1.165) is 16.1 Å². The van der Waals surface area contributed by atoms with Crippen LogP contribution in [0, 0.1) is 6.92 Å². The Hall–Kier alpha value is -1.99. The third-order valence-corrected chi connectivity index (χ3v) is 6.11. The van der Waals surface area contributed by atoms with Crippen molar-refractivity contribution in [2.24, 2.45) is 0 Å². The summed E-state index contributed by atoms with van der Waals surface area (Å²) >= 11 is 0.